The number of methoxy groups -OCH3 is 1. The van der Waals surface area contributed by atoms with Gasteiger partial charge < -0.3 is 10.2 Å². The van der Waals surface area contributed by atoms with Crippen molar-refractivity contribution < 1.29 is 13.2 Å². The van der Waals surface area contributed by atoms with Crippen LogP contribution in [0.4, 0.5) is 11.4 Å². The van der Waals surface area contributed by atoms with Crippen molar-refractivity contribution in [2.45, 2.75) is 11.8 Å². The van der Waals surface area contributed by atoms with E-state index in [0.717, 1.165) is 5.56 Å². The Bertz CT molecular complexity index is 745. The Morgan fingerprint density at radius 3 is 2.48 bits per heavy atom. The first-order chi connectivity index (χ1) is 9.97. The van der Waals surface area contributed by atoms with E-state index >= 15 is 0 Å². The second kappa shape index (κ2) is 6.02. The number of nitrogens with two attached hydrogens (primary N) is 1. The van der Waals surface area contributed by atoms with Crippen LogP contribution in [0.2, 0.25) is 0 Å². The molecule has 4 N–H and O–H groups in total. The molecule has 0 saturated heterocycles. The van der Waals surface area contributed by atoms with E-state index in [-0.39, 0.29) is 4.90 Å². The molecular formula is C14H17N3O3S. The van der Waals surface area contributed by atoms with Gasteiger partial charge in [0.15, 0.2) is 0 Å². The van der Waals surface area contributed by atoms with E-state index in [1.165, 1.54) is 6.07 Å². The van der Waals surface area contributed by atoms with Crippen molar-refractivity contribution in [1.29, 1.82) is 0 Å². The molecule has 6 nitrogen and oxygen atoms in total. The van der Waals surface area contributed by atoms with Gasteiger partial charge in [0, 0.05) is 5.69 Å². The number of rotatable bonds is 5. The monoisotopic (exact) mass is 307 g/mol. The molecule has 0 unspecified atom stereocenters. The quantitative estimate of drug-likeness (QED) is 0.581. The number of aryl methyl sites for hydroxylation is 1. The Morgan fingerprint density at radius 1 is 1.14 bits per heavy atom. The lowest BCUT2D eigenvalue weighted by atomic mass is 10.2. The van der Waals surface area contributed by atoms with E-state index in [9.17, 15) is 8.42 Å². The van der Waals surface area contributed by atoms with Crippen LogP contribution in [-0.4, -0.2) is 15.5 Å². The molecule has 112 valence electrons. The van der Waals surface area contributed by atoms with Crippen molar-refractivity contribution in [3.8, 4) is 5.75 Å². The topological polar surface area (TPSA) is 93.4 Å². The van der Waals surface area contributed by atoms with Crippen molar-refractivity contribution in [1.82, 2.24) is 0 Å². The summed E-state index contributed by atoms with van der Waals surface area (Å²) in [6.07, 6.45) is 0. The highest BCUT2D eigenvalue weighted by atomic mass is 32.2. The predicted octanol–water partition coefficient (Wildman–Crippen LogP) is 2.09. The van der Waals surface area contributed by atoms with Crippen LogP contribution in [0.25, 0.3) is 0 Å². The largest absolute Gasteiger partial charge is 0.496 e. The van der Waals surface area contributed by atoms with Crippen LogP contribution in [0, 0.1) is 6.92 Å². The lowest BCUT2D eigenvalue weighted by Crippen LogP contribution is -2.17. The fourth-order valence-corrected chi connectivity index (χ4v) is 3.19. The standard InChI is InChI=1S/C14H17N3O3S/c1-10-9-11(7-8-13(10)20-2)17-21(18,19)14-6-4-3-5-12(14)16-15/h3-9,16-17H,15H2,1-2H3. The molecular weight excluding hydrogens is 290 g/mol. The van der Waals surface area contributed by atoms with Crippen LogP contribution >= 0.6 is 0 Å². The zero-order valence-electron chi connectivity index (χ0n) is 11.8. The molecule has 7 heteroatoms. The maximum atomic E-state index is 12.4. The van der Waals surface area contributed by atoms with Gasteiger partial charge in [0.2, 0.25) is 0 Å². The summed E-state index contributed by atoms with van der Waals surface area (Å²) in [5, 5.41) is 0. The molecule has 0 bridgehead atoms. The lowest BCUT2D eigenvalue weighted by molar-refractivity contribution is 0.412. The molecule has 0 aliphatic carbocycles. The van der Waals surface area contributed by atoms with Crippen molar-refractivity contribution >= 4 is 21.4 Å². The van der Waals surface area contributed by atoms with Gasteiger partial charge >= 0.3 is 0 Å². The molecule has 2 aromatic carbocycles. The second-order valence-corrected chi connectivity index (χ2v) is 6.08. The molecule has 0 atom stereocenters. The van der Waals surface area contributed by atoms with Crippen LogP contribution in [0.3, 0.4) is 0 Å². The van der Waals surface area contributed by atoms with Gasteiger partial charge in [-0.05, 0) is 42.8 Å². The number of nitrogen functional groups attached to an aromatic ring is 1. The summed E-state index contributed by atoms with van der Waals surface area (Å²) in [5.74, 6) is 6.04. The Morgan fingerprint density at radius 2 is 1.86 bits per heavy atom. The molecule has 2 rings (SSSR count). The summed E-state index contributed by atoms with van der Waals surface area (Å²) in [6, 6.07) is 11.5. The van der Waals surface area contributed by atoms with Crippen molar-refractivity contribution in [2.24, 2.45) is 5.84 Å². The first-order valence-electron chi connectivity index (χ1n) is 6.21. The predicted molar refractivity (Wildman–Crippen MR) is 82.8 cm³/mol. The molecule has 0 radical (unpaired) electrons. The van der Waals surface area contributed by atoms with Gasteiger partial charge in [-0.15, -0.1) is 0 Å². The molecule has 0 fully saturated rings. The zero-order chi connectivity index (χ0) is 15.5. The first-order valence-corrected chi connectivity index (χ1v) is 7.69. The highest BCUT2D eigenvalue weighted by Crippen LogP contribution is 2.26. The van der Waals surface area contributed by atoms with E-state index in [2.05, 4.69) is 10.1 Å². The number of hydrazine groups is 1. The Kier molecular flexibility index (Phi) is 4.35. The van der Waals surface area contributed by atoms with Crippen LogP contribution in [0.5, 0.6) is 5.75 Å². The number of ether oxygens (including phenoxy) is 1. The molecule has 0 aliphatic rings. The molecule has 0 saturated carbocycles. The number of para-hydroxylation sites is 1. The van der Waals surface area contributed by atoms with Gasteiger partial charge in [-0.2, -0.15) is 0 Å². The van der Waals surface area contributed by atoms with Crippen LogP contribution < -0.4 is 20.7 Å². The molecule has 0 aliphatic heterocycles. The van der Waals surface area contributed by atoms with Gasteiger partial charge in [0.1, 0.15) is 10.6 Å². The van der Waals surface area contributed by atoms with Gasteiger partial charge in [0.25, 0.3) is 10.0 Å². The van der Waals surface area contributed by atoms with E-state index < -0.39 is 10.0 Å². The molecule has 0 heterocycles. The molecule has 0 aromatic heterocycles. The number of sulfonamides is 1. The fraction of sp³-hybridized carbons (Fsp3) is 0.143. The van der Waals surface area contributed by atoms with E-state index in [1.807, 2.05) is 6.92 Å². The van der Waals surface area contributed by atoms with Gasteiger partial charge in [-0.25, -0.2) is 8.42 Å². The second-order valence-electron chi connectivity index (χ2n) is 4.43. The Balaban J connectivity index is 2.35. The molecule has 0 spiro atoms. The summed E-state index contributed by atoms with van der Waals surface area (Å²) in [6.45, 7) is 1.84. The summed E-state index contributed by atoms with van der Waals surface area (Å²) in [4.78, 5) is 0.0842. The highest BCUT2D eigenvalue weighted by Gasteiger charge is 2.18. The smallest absolute Gasteiger partial charge is 0.264 e. The van der Waals surface area contributed by atoms with Gasteiger partial charge in [0.05, 0.1) is 12.8 Å². The third kappa shape index (κ3) is 3.26. The van der Waals surface area contributed by atoms with Crippen molar-refractivity contribution in [3.63, 3.8) is 0 Å². The number of hydrogen-bond acceptors (Lipinski definition) is 5. The molecule has 21 heavy (non-hydrogen) atoms. The average molecular weight is 307 g/mol. The summed E-state index contributed by atoms with van der Waals surface area (Å²) in [5.41, 5.74) is 4.00. The zero-order valence-corrected chi connectivity index (χ0v) is 12.6. The molecule has 0 amide bonds. The minimum absolute atomic E-state index is 0.0842. The van der Waals surface area contributed by atoms with E-state index in [4.69, 9.17) is 10.6 Å². The number of hydrogen-bond donors (Lipinski definition) is 3. The third-order valence-corrected chi connectivity index (χ3v) is 4.42. The normalized spacial score (nSPS) is 11.0. The Hall–Kier alpha value is -2.25. The van der Waals surface area contributed by atoms with Crippen LogP contribution in [-0.2, 0) is 10.0 Å². The maximum absolute atomic E-state index is 12.4. The minimum atomic E-state index is -3.73. The average Bonchev–Trinajstić information content (AvgIpc) is 2.47. The Labute approximate surface area is 124 Å². The molecule has 2 aromatic rings. The summed E-state index contributed by atoms with van der Waals surface area (Å²) < 4.78 is 32.5. The SMILES string of the molecule is COc1ccc(NS(=O)(=O)c2ccccc2NN)cc1C. The minimum Gasteiger partial charge on any atom is -0.496 e. The number of nitrogens with one attached hydrogen (secondary N) is 2. The summed E-state index contributed by atoms with van der Waals surface area (Å²) >= 11 is 0. The van der Waals surface area contributed by atoms with Crippen molar-refractivity contribution in [2.75, 3.05) is 17.3 Å². The third-order valence-electron chi connectivity index (χ3n) is 2.98. The highest BCUT2D eigenvalue weighted by molar-refractivity contribution is 7.92. The summed E-state index contributed by atoms with van der Waals surface area (Å²) in [7, 11) is -2.16. The first kappa shape index (κ1) is 15.1. The number of anilines is 2. The van der Waals surface area contributed by atoms with Crippen LogP contribution in [0.15, 0.2) is 47.4 Å². The maximum Gasteiger partial charge on any atom is 0.264 e. The fourth-order valence-electron chi connectivity index (χ4n) is 1.97. The van der Waals surface area contributed by atoms with Crippen molar-refractivity contribution in [3.05, 3.63) is 48.0 Å². The number of benzene rings is 2. The van der Waals surface area contributed by atoms with Gasteiger partial charge in [-0.1, -0.05) is 12.1 Å². The lowest BCUT2D eigenvalue weighted by Gasteiger charge is -2.13. The van der Waals surface area contributed by atoms with Crippen LogP contribution in [0.1, 0.15) is 5.56 Å². The van der Waals surface area contributed by atoms with Gasteiger partial charge in [-0.3, -0.25) is 10.6 Å². The van der Waals surface area contributed by atoms with E-state index in [1.54, 1.807) is 43.5 Å². The van der Waals surface area contributed by atoms with E-state index in [0.29, 0.717) is 17.1 Å².